The van der Waals surface area contributed by atoms with E-state index in [1.54, 1.807) is 17.8 Å². The second-order valence-electron chi connectivity index (χ2n) is 6.74. The minimum Gasteiger partial charge on any atom is -0.377 e. The van der Waals surface area contributed by atoms with Gasteiger partial charge in [-0.05, 0) is 31.7 Å². The van der Waals surface area contributed by atoms with E-state index in [-0.39, 0.29) is 0 Å². The number of aryl methyl sites for hydroxylation is 1. The lowest BCUT2D eigenvalue weighted by Gasteiger charge is -2.30. The zero-order valence-corrected chi connectivity index (χ0v) is 15.3. The molecule has 9 heteroatoms. The van der Waals surface area contributed by atoms with Crippen LogP contribution in [0.15, 0.2) is 12.3 Å². The van der Waals surface area contributed by atoms with Gasteiger partial charge in [-0.3, -0.25) is 0 Å². The van der Waals surface area contributed by atoms with Gasteiger partial charge in [0.05, 0.1) is 11.4 Å². The van der Waals surface area contributed by atoms with Crippen LogP contribution in [0.3, 0.4) is 0 Å². The summed E-state index contributed by atoms with van der Waals surface area (Å²) in [5, 5.41) is 12.9. The molecular weight excluding hydrogens is 332 g/mol. The molecular formula is C17H22N8O. The van der Waals surface area contributed by atoms with Gasteiger partial charge in [0.15, 0.2) is 5.82 Å². The Kier molecular flexibility index (Phi) is 4.46. The van der Waals surface area contributed by atoms with E-state index < -0.39 is 0 Å². The smallest absolute Gasteiger partial charge is 0.272 e. The van der Waals surface area contributed by atoms with Gasteiger partial charge in [-0.1, -0.05) is 6.92 Å². The van der Waals surface area contributed by atoms with Crippen LogP contribution in [0, 0.1) is 12.8 Å². The molecule has 4 rings (SSSR count). The highest BCUT2D eigenvalue weighted by molar-refractivity contribution is 5.58. The summed E-state index contributed by atoms with van der Waals surface area (Å²) in [4.78, 5) is 15.7. The van der Waals surface area contributed by atoms with Crippen LogP contribution < -0.4 is 4.90 Å². The molecule has 3 aromatic rings. The normalized spacial score (nSPS) is 17.8. The number of anilines is 1. The molecule has 4 heterocycles. The standard InChI is InChI=1S/C17H22N8O/c1-11-5-4-8-24(9-11)16-18-7-6-13(19-16)15-12(2)25-17(22-21-15)20-14(23-25)10-26-3/h6-7,11H,4-5,8-10H2,1-3H3. The number of fused-ring (bicyclic) bond motifs is 1. The van der Waals surface area contributed by atoms with Crippen LogP contribution in [0.1, 0.15) is 31.3 Å². The Hall–Kier alpha value is -2.68. The van der Waals surface area contributed by atoms with E-state index in [2.05, 4.69) is 37.1 Å². The number of ether oxygens (including phenoxy) is 1. The first-order valence-corrected chi connectivity index (χ1v) is 8.82. The maximum atomic E-state index is 5.09. The lowest BCUT2D eigenvalue weighted by Crippen LogP contribution is -2.35. The van der Waals surface area contributed by atoms with Gasteiger partial charge in [0, 0.05) is 26.4 Å². The molecule has 0 radical (unpaired) electrons. The van der Waals surface area contributed by atoms with Gasteiger partial charge in [0.1, 0.15) is 12.3 Å². The summed E-state index contributed by atoms with van der Waals surface area (Å²) in [5.74, 6) is 2.43. The van der Waals surface area contributed by atoms with Crippen molar-refractivity contribution in [1.82, 2.24) is 34.8 Å². The highest BCUT2D eigenvalue weighted by atomic mass is 16.5. The molecule has 0 aromatic carbocycles. The quantitative estimate of drug-likeness (QED) is 0.698. The summed E-state index contributed by atoms with van der Waals surface area (Å²) >= 11 is 0. The maximum Gasteiger partial charge on any atom is 0.272 e. The van der Waals surface area contributed by atoms with Crippen LogP contribution in [0.2, 0.25) is 0 Å². The van der Waals surface area contributed by atoms with Gasteiger partial charge in [-0.2, -0.15) is 9.50 Å². The first-order valence-electron chi connectivity index (χ1n) is 8.82. The number of methoxy groups -OCH3 is 1. The van der Waals surface area contributed by atoms with Gasteiger partial charge < -0.3 is 9.64 Å². The number of rotatable bonds is 4. The fourth-order valence-corrected chi connectivity index (χ4v) is 3.33. The Balaban J connectivity index is 1.71. The molecule has 1 aliphatic heterocycles. The Bertz CT molecular complexity index is 924. The van der Waals surface area contributed by atoms with Crippen LogP contribution in [0.4, 0.5) is 5.95 Å². The third-order valence-electron chi connectivity index (χ3n) is 4.63. The SMILES string of the molecule is COCc1nc2nnc(-c3ccnc(N4CCCC(C)C4)n3)c(C)n2n1. The molecule has 0 spiro atoms. The average Bonchev–Trinajstić information content (AvgIpc) is 3.06. The first-order chi connectivity index (χ1) is 12.7. The van der Waals surface area contributed by atoms with E-state index >= 15 is 0 Å². The van der Waals surface area contributed by atoms with E-state index in [9.17, 15) is 0 Å². The molecule has 0 amide bonds. The molecule has 0 saturated carbocycles. The van der Waals surface area contributed by atoms with Crippen molar-refractivity contribution in [3.8, 4) is 11.4 Å². The molecule has 1 fully saturated rings. The predicted molar refractivity (Wildman–Crippen MR) is 95.7 cm³/mol. The number of nitrogens with zero attached hydrogens (tertiary/aromatic N) is 8. The van der Waals surface area contributed by atoms with Crippen molar-refractivity contribution in [1.29, 1.82) is 0 Å². The van der Waals surface area contributed by atoms with Crippen LogP contribution in [0.25, 0.3) is 17.2 Å². The number of aromatic nitrogens is 7. The van der Waals surface area contributed by atoms with E-state index in [1.165, 1.54) is 12.8 Å². The molecule has 1 atom stereocenters. The predicted octanol–water partition coefficient (Wildman–Crippen LogP) is 1.67. The Morgan fingerprint density at radius 2 is 2.15 bits per heavy atom. The fourth-order valence-electron chi connectivity index (χ4n) is 3.33. The minimum atomic E-state index is 0.336. The minimum absolute atomic E-state index is 0.336. The molecule has 1 unspecified atom stereocenters. The monoisotopic (exact) mass is 354 g/mol. The van der Waals surface area contributed by atoms with Crippen molar-refractivity contribution in [2.75, 3.05) is 25.1 Å². The second-order valence-corrected chi connectivity index (χ2v) is 6.74. The van der Waals surface area contributed by atoms with Gasteiger partial charge in [0.25, 0.3) is 5.78 Å². The molecule has 136 valence electrons. The molecule has 0 aliphatic carbocycles. The van der Waals surface area contributed by atoms with Crippen LogP contribution in [-0.2, 0) is 11.3 Å². The average molecular weight is 354 g/mol. The Morgan fingerprint density at radius 3 is 2.96 bits per heavy atom. The van der Waals surface area contributed by atoms with E-state index in [0.717, 1.165) is 30.4 Å². The Morgan fingerprint density at radius 1 is 1.27 bits per heavy atom. The topological polar surface area (TPSA) is 94.2 Å². The molecule has 1 saturated heterocycles. The van der Waals surface area contributed by atoms with Crippen LogP contribution >= 0.6 is 0 Å². The van der Waals surface area contributed by atoms with Crippen molar-refractivity contribution in [3.05, 3.63) is 23.8 Å². The zero-order chi connectivity index (χ0) is 18.1. The van der Waals surface area contributed by atoms with Crippen LogP contribution in [0.5, 0.6) is 0 Å². The lowest BCUT2D eigenvalue weighted by atomic mass is 10.0. The molecule has 26 heavy (non-hydrogen) atoms. The van der Waals surface area contributed by atoms with Gasteiger partial charge in [0.2, 0.25) is 5.95 Å². The highest BCUT2D eigenvalue weighted by Crippen LogP contribution is 2.23. The van der Waals surface area contributed by atoms with Gasteiger partial charge in [-0.15, -0.1) is 15.3 Å². The number of hydrogen-bond acceptors (Lipinski definition) is 8. The molecule has 1 aliphatic rings. The molecule has 3 aromatic heterocycles. The first kappa shape index (κ1) is 16.8. The van der Waals surface area contributed by atoms with E-state index in [4.69, 9.17) is 9.72 Å². The molecule has 0 N–H and O–H groups in total. The number of hydrogen-bond donors (Lipinski definition) is 0. The third kappa shape index (κ3) is 3.10. The molecule has 9 nitrogen and oxygen atoms in total. The third-order valence-corrected chi connectivity index (χ3v) is 4.63. The molecule has 0 bridgehead atoms. The van der Waals surface area contributed by atoms with E-state index in [1.807, 2.05) is 13.0 Å². The zero-order valence-electron chi connectivity index (χ0n) is 15.3. The van der Waals surface area contributed by atoms with Crippen molar-refractivity contribution in [3.63, 3.8) is 0 Å². The Labute approximate surface area is 151 Å². The summed E-state index contributed by atoms with van der Waals surface area (Å²) in [5.41, 5.74) is 2.26. The van der Waals surface area contributed by atoms with Gasteiger partial charge >= 0.3 is 0 Å². The summed E-state index contributed by atoms with van der Waals surface area (Å²) in [6, 6.07) is 1.85. The summed E-state index contributed by atoms with van der Waals surface area (Å²) in [6.07, 6.45) is 4.20. The summed E-state index contributed by atoms with van der Waals surface area (Å²) < 4.78 is 6.77. The summed E-state index contributed by atoms with van der Waals surface area (Å²) in [6.45, 7) is 6.51. The van der Waals surface area contributed by atoms with Crippen molar-refractivity contribution in [2.24, 2.45) is 5.92 Å². The summed E-state index contributed by atoms with van der Waals surface area (Å²) in [7, 11) is 1.61. The second kappa shape index (κ2) is 6.91. The largest absolute Gasteiger partial charge is 0.377 e. The van der Waals surface area contributed by atoms with Crippen molar-refractivity contribution < 1.29 is 4.74 Å². The number of piperidine rings is 1. The maximum absolute atomic E-state index is 5.09. The van der Waals surface area contributed by atoms with Crippen molar-refractivity contribution >= 4 is 11.7 Å². The van der Waals surface area contributed by atoms with Crippen LogP contribution in [-0.4, -0.2) is 55.0 Å². The highest BCUT2D eigenvalue weighted by Gasteiger charge is 2.20. The lowest BCUT2D eigenvalue weighted by molar-refractivity contribution is 0.178. The van der Waals surface area contributed by atoms with Crippen molar-refractivity contribution in [2.45, 2.75) is 33.3 Å². The van der Waals surface area contributed by atoms with Gasteiger partial charge in [-0.25, -0.2) is 9.97 Å². The van der Waals surface area contributed by atoms with E-state index in [0.29, 0.717) is 29.8 Å². The fraction of sp³-hybridized carbons (Fsp3) is 0.529.